The maximum atomic E-state index is 11.8. The molecule has 1 amide bonds. The molecule has 0 aromatic rings. The van der Waals surface area contributed by atoms with E-state index in [1.54, 1.807) is 4.90 Å². The molecule has 0 aromatic carbocycles. The molecule has 17 heavy (non-hydrogen) atoms. The number of amides is 1. The van der Waals surface area contributed by atoms with Crippen molar-refractivity contribution in [3.8, 4) is 0 Å². The summed E-state index contributed by atoms with van der Waals surface area (Å²) < 4.78 is 0. The minimum atomic E-state index is -0.765. The first-order valence-corrected chi connectivity index (χ1v) is 6.35. The number of carbonyl (C=O) groups is 2. The average molecular weight is 240 g/mol. The molecule has 0 saturated carbocycles. The van der Waals surface area contributed by atoms with Crippen LogP contribution in [0, 0.1) is 11.8 Å². The number of nitrogens with one attached hydrogen (secondary N) is 1. The predicted molar refractivity (Wildman–Crippen MR) is 62.5 cm³/mol. The van der Waals surface area contributed by atoms with Gasteiger partial charge in [0.2, 0.25) is 5.91 Å². The van der Waals surface area contributed by atoms with E-state index in [4.69, 9.17) is 5.11 Å². The number of carboxylic acid groups (broad SMARTS) is 1. The van der Waals surface area contributed by atoms with Gasteiger partial charge in [-0.3, -0.25) is 9.59 Å². The first-order chi connectivity index (χ1) is 8.15. The molecule has 5 nitrogen and oxygen atoms in total. The molecular formula is C12H20N2O3. The fraction of sp³-hybridized carbons (Fsp3) is 0.833. The van der Waals surface area contributed by atoms with E-state index in [-0.39, 0.29) is 18.2 Å². The van der Waals surface area contributed by atoms with Crippen LogP contribution in [-0.4, -0.2) is 48.1 Å². The summed E-state index contributed by atoms with van der Waals surface area (Å²) in [6, 6.07) is 0. The molecule has 2 aliphatic heterocycles. The van der Waals surface area contributed by atoms with Gasteiger partial charge in [0.25, 0.3) is 0 Å². The Morgan fingerprint density at radius 3 is 2.65 bits per heavy atom. The van der Waals surface area contributed by atoms with Gasteiger partial charge in [-0.25, -0.2) is 0 Å². The van der Waals surface area contributed by atoms with Crippen molar-refractivity contribution in [2.45, 2.75) is 25.7 Å². The highest BCUT2D eigenvalue weighted by Crippen LogP contribution is 2.22. The fourth-order valence-electron chi connectivity index (χ4n) is 2.60. The highest BCUT2D eigenvalue weighted by molar-refractivity contribution is 5.77. The first kappa shape index (κ1) is 12.4. The van der Waals surface area contributed by atoms with Gasteiger partial charge in [-0.1, -0.05) is 0 Å². The summed E-state index contributed by atoms with van der Waals surface area (Å²) in [6.45, 7) is 3.38. The van der Waals surface area contributed by atoms with E-state index >= 15 is 0 Å². The van der Waals surface area contributed by atoms with Crippen LogP contribution in [0.1, 0.15) is 25.7 Å². The van der Waals surface area contributed by atoms with Gasteiger partial charge in [0, 0.05) is 25.4 Å². The Kier molecular flexibility index (Phi) is 3.99. The third-order valence-electron chi connectivity index (χ3n) is 3.70. The quantitative estimate of drug-likeness (QED) is 0.725. The molecule has 2 rings (SSSR count). The van der Waals surface area contributed by atoms with Gasteiger partial charge in [0.15, 0.2) is 0 Å². The van der Waals surface area contributed by atoms with Crippen LogP contribution < -0.4 is 5.32 Å². The predicted octanol–water partition coefficient (Wildman–Crippen LogP) is 0.309. The number of hydrogen-bond acceptors (Lipinski definition) is 3. The third-order valence-corrected chi connectivity index (χ3v) is 3.70. The molecule has 0 aromatic heterocycles. The lowest BCUT2D eigenvalue weighted by Gasteiger charge is -2.38. The topological polar surface area (TPSA) is 69.6 Å². The van der Waals surface area contributed by atoms with Gasteiger partial charge >= 0.3 is 5.97 Å². The van der Waals surface area contributed by atoms with Crippen molar-refractivity contribution in [2.75, 3.05) is 26.2 Å². The lowest BCUT2D eigenvalue weighted by atomic mass is 9.95. The molecule has 2 heterocycles. The van der Waals surface area contributed by atoms with E-state index in [0.29, 0.717) is 25.4 Å². The van der Waals surface area contributed by atoms with E-state index in [0.717, 1.165) is 19.5 Å². The van der Waals surface area contributed by atoms with E-state index < -0.39 is 5.97 Å². The molecule has 0 bridgehead atoms. The maximum Gasteiger partial charge on any atom is 0.303 e. The van der Waals surface area contributed by atoms with E-state index in [1.165, 1.54) is 6.42 Å². The number of carboxylic acids is 1. The number of hydrogen-bond donors (Lipinski definition) is 2. The maximum absolute atomic E-state index is 11.8. The van der Waals surface area contributed by atoms with Crippen molar-refractivity contribution < 1.29 is 14.7 Å². The largest absolute Gasteiger partial charge is 0.481 e. The standard InChI is InChI=1S/C12H20N2O3/c15-11(2-1-9-3-4-13-6-9)14-7-10(8-14)5-12(16)17/h9-10,13H,1-8H2,(H,16,17). The zero-order valence-corrected chi connectivity index (χ0v) is 10.0. The van der Waals surface area contributed by atoms with Crippen LogP contribution in [0.25, 0.3) is 0 Å². The smallest absolute Gasteiger partial charge is 0.303 e. The minimum Gasteiger partial charge on any atom is -0.481 e. The Morgan fingerprint density at radius 2 is 2.06 bits per heavy atom. The summed E-state index contributed by atoms with van der Waals surface area (Å²) in [7, 11) is 0. The number of carbonyl (C=O) groups excluding carboxylic acids is 1. The highest BCUT2D eigenvalue weighted by Gasteiger charge is 2.31. The second kappa shape index (κ2) is 5.49. The van der Waals surface area contributed by atoms with Crippen molar-refractivity contribution >= 4 is 11.9 Å². The molecule has 0 aliphatic carbocycles. The lowest BCUT2D eigenvalue weighted by Crippen LogP contribution is -2.50. The zero-order valence-electron chi connectivity index (χ0n) is 10.0. The monoisotopic (exact) mass is 240 g/mol. The fourth-order valence-corrected chi connectivity index (χ4v) is 2.60. The van der Waals surface area contributed by atoms with Gasteiger partial charge in [-0.2, -0.15) is 0 Å². The van der Waals surface area contributed by atoms with Crippen LogP contribution in [0.3, 0.4) is 0 Å². The Balaban J connectivity index is 1.60. The molecule has 2 aliphatic rings. The van der Waals surface area contributed by atoms with Crippen LogP contribution in [0.2, 0.25) is 0 Å². The van der Waals surface area contributed by atoms with Crippen LogP contribution in [0.4, 0.5) is 0 Å². The number of likely N-dealkylation sites (tertiary alicyclic amines) is 1. The second-order valence-corrected chi connectivity index (χ2v) is 5.16. The Morgan fingerprint density at radius 1 is 1.29 bits per heavy atom. The van der Waals surface area contributed by atoms with Crippen LogP contribution in [-0.2, 0) is 9.59 Å². The number of rotatable bonds is 5. The van der Waals surface area contributed by atoms with Crippen molar-refractivity contribution in [1.29, 1.82) is 0 Å². The van der Waals surface area contributed by atoms with Crippen LogP contribution in [0.5, 0.6) is 0 Å². The summed E-state index contributed by atoms with van der Waals surface area (Å²) in [4.78, 5) is 24.0. The van der Waals surface area contributed by atoms with Gasteiger partial charge in [-0.05, 0) is 31.8 Å². The van der Waals surface area contributed by atoms with Crippen molar-refractivity contribution in [2.24, 2.45) is 11.8 Å². The summed E-state index contributed by atoms with van der Waals surface area (Å²) in [5.74, 6) is 0.248. The zero-order chi connectivity index (χ0) is 12.3. The summed E-state index contributed by atoms with van der Waals surface area (Å²) in [5.41, 5.74) is 0. The highest BCUT2D eigenvalue weighted by atomic mass is 16.4. The lowest BCUT2D eigenvalue weighted by molar-refractivity contribution is -0.145. The molecule has 1 unspecified atom stereocenters. The molecule has 2 saturated heterocycles. The molecule has 1 atom stereocenters. The second-order valence-electron chi connectivity index (χ2n) is 5.16. The van der Waals surface area contributed by atoms with Crippen LogP contribution in [0.15, 0.2) is 0 Å². The van der Waals surface area contributed by atoms with E-state index in [2.05, 4.69) is 5.32 Å². The Hall–Kier alpha value is -1.10. The Labute approximate surface area is 101 Å². The van der Waals surface area contributed by atoms with Gasteiger partial charge < -0.3 is 15.3 Å². The van der Waals surface area contributed by atoms with Gasteiger partial charge in [0.05, 0.1) is 6.42 Å². The summed E-state index contributed by atoms with van der Waals surface area (Å²) >= 11 is 0. The molecule has 0 spiro atoms. The Bertz CT molecular complexity index is 294. The molecule has 0 radical (unpaired) electrons. The van der Waals surface area contributed by atoms with Gasteiger partial charge in [0.1, 0.15) is 0 Å². The molecule has 96 valence electrons. The molecule has 2 fully saturated rings. The summed E-state index contributed by atoms with van der Waals surface area (Å²) in [6.07, 6.45) is 2.95. The SMILES string of the molecule is O=C(O)CC1CN(C(=O)CCC2CCNC2)C1. The average Bonchev–Trinajstić information content (AvgIpc) is 2.71. The summed E-state index contributed by atoms with van der Waals surface area (Å²) in [5, 5.41) is 11.9. The molecular weight excluding hydrogens is 220 g/mol. The molecule has 2 N–H and O–H groups in total. The number of nitrogens with zero attached hydrogens (tertiary/aromatic N) is 1. The van der Waals surface area contributed by atoms with Crippen molar-refractivity contribution in [1.82, 2.24) is 10.2 Å². The normalized spacial score (nSPS) is 24.7. The third kappa shape index (κ3) is 3.43. The van der Waals surface area contributed by atoms with Crippen molar-refractivity contribution in [3.05, 3.63) is 0 Å². The first-order valence-electron chi connectivity index (χ1n) is 6.35. The van der Waals surface area contributed by atoms with Crippen molar-refractivity contribution in [3.63, 3.8) is 0 Å². The minimum absolute atomic E-state index is 0.171. The van der Waals surface area contributed by atoms with Crippen LogP contribution >= 0.6 is 0 Å². The van der Waals surface area contributed by atoms with E-state index in [9.17, 15) is 9.59 Å². The molecule has 5 heteroatoms. The number of aliphatic carboxylic acids is 1. The van der Waals surface area contributed by atoms with E-state index in [1.807, 2.05) is 0 Å². The van der Waals surface area contributed by atoms with Gasteiger partial charge in [-0.15, -0.1) is 0 Å².